The summed E-state index contributed by atoms with van der Waals surface area (Å²) in [6.45, 7) is 7.57. The molecule has 0 spiro atoms. The monoisotopic (exact) mass is 176 g/mol. The summed E-state index contributed by atoms with van der Waals surface area (Å²) in [4.78, 5) is 0. The summed E-state index contributed by atoms with van der Waals surface area (Å²) in [5, 5.41) is 9.32. The Morgan fingerprint density at radius 3 is 2.50 bits per heavy atom. The van der Waals surface area contributed by atoms with Crippen molar-refractivity contribution in [3.05, 3.63) is 0 Å². The lowest BCUT2D eigenvalue weighted by atomic mass is 10.3. The first-order valence-electron chi connectivity index (χ1n) is 4.54. The summed E-state index contributed by atoms with van der Waals surface area (Å²) < 4.78 is 10.3. The minimum atomic E-state index is -0.390. The van der Waals surface area contributed by atoms with Crippen molar-refractivity contribution in [3.63, 3.8) is 0 Å². The molecule has 3 nitrogen and oxygen atoms in total. The van der Waals surface area contributed by atoms with Crippen molar-refractivity contribution in [2.24, 2.45) is 0 Å². The van der Waals surface area contributed by atoms with Gasteiger partial charge in [-0.1, -0.05) is 0 Å². The average molecular weight is 176 g/mol. The Hall–Kier alpha value is -0.120. The van der Waals surface area contributed by atoms with Crippen LogP contribution < -0.4 is 0 Å². The van der Waals surface area contributed by atoms with Crippen LogP contribution in [0.2, 0.25) is 0 Å². The van der Waals surface area contributed by atoms with Crippen molar-refractivity contribution >= 4 is 0 Å². The maximum atomic E-state index is 9.32. The van der Waals surface area contributed by atoms with E-state index in [1.54, 1.807) is 0 Å². The Morgan fingerprint density at radius 1 is 1.33 bits per heavy atom. The van der Waals surface area contributed by atoms with Crippen LogP contribution in [-0.2, 0) is 9.47 Å². The Bertz CT molecular complexity index is 93.8. The molecule has 0 aliphatic carbocycles. The molecular formula is C9H20O3. The normalized spacial score (nSPS) is 13.8. The third-order valence-corrected chi connectivity index (χ3v) is 1.42. The molecule has 0 saturated carbocycles. The van der Waals surface area contributed by atoms with Crippen LogP contribution in [0.3, 0.4) is 0 Å². The molecule has 0 aromatic rings. The highest BCUT2D eigenvalue weighted by molar-refractivity contribution is 4.53. The van der Waals surface area contributed by atoms with Gasteiger partial charge < -0.3 is 14.6 Å². The zero-order chi connectivity index (χ0) is 9.40. The van der Waals surface area contributed by atoms with Crippen molar-refractivity contribution in [1.82, 2.24) is 0 Å². The van der Waals surface area contributed by atoms with Gasteiger partial charge in [0.15, 0.2) is 0 Å². The largest absolute Gasteiger partial charge is 0.391 e. The second kappa shape index (κ2) is 7.53. The van der Waals surface area contributed by atoms with Crippen LogP contribution in [0.15, 0.2) is 0 Å². The van der Waals surface area contributed by atoms with Gasteiger partial charge in [0, 0.05) is 13.2 Å². The van der Waals surface area contributed by atoms with Gasteiger partial charge in [0.25, 0.3) is 0 Å². The van der Waals surface area contributed by atoms with E-state index in [0.29, 0.717) is 26.2 Å². The highest BCUT2D eigenvalue weighted by Gasteiger charge is 2.04. The molecule has 0 fully saturated rings. The molecule has 0 aromatic carbocycles. The van der Waals surface area contributed by atoms with Crippen LogP contribution in [0.1, 0.15) is 27.2 Å². The molecule has 0 bridgehead atoms. The number of aliphatic hydroxyl groups excluding tert-OH is 1. The van der Waals surface area contributed by atoms with E-state index in [2.05, 4.69) is 0 Å². The van der Waals surface area contributed by atoms with E-state index < -0.39 is 0 Å². The molecule has 74 valence electrons. The molecule has 12 heavy (non-hydrogen) atoms. The maximum Gasteiger partial charge on any atom is 0.0795 e. The molecule has 3 heteroatoms. The van der Waals surface area contributed by atoms with Crippen LogP contribution in [0.5, 0.6) is 0 Å². The number of hydrogen-bond donors (Lipinski definition) is 1. The van der Waals surface area contributed by atoms with Gasteiger partial charge in [-0.05, 0) is 27.2 Å². The fourth-order valence-corrected chi connectivity index (χ4v) is 0.751. The van der Waals surface area contributed by atoms with Crippen LogP contribution in [0, 0.1) is 0 Å². The minimum absolute atomic E-state index is 0.187. The third kappa shape index (κ3) is 7.98. The summed E-state index contributed by atoms with van der Waals surface area (Å²) in [5.74, 6) is 0. The van der Waals surface area contributed by atoms with Crippen LogP contribution in [-0.4, -0.2) is 37.1 Å². The second-order valence-electron chi connectivity index (χ2n) is 3.02. The van der Waals surface area contributed by atoms with Crippen LogP contribution >= 0.6 is 0 Å². The highest BCUT2D eigenvalue weighted by Crippen LogP contribution is 1.96. The number of aliphatic hydroxyl groups is 1. The summed E-state index contributed by atoms with van der Waals surface area (Å²) in [6, 6.07) is 0. The van der Waals surface area contributed by atoms with Crippen molar-refractivity contribution in [1.29, 1.82) is 0 Å². The summed E-state index contributed by atoms with van der Waals surface area (Å²) in [7, 11) is 0. The predicted octanol–water partition coefficient (Wildman–Crippen LogP) is 1.20. The molecular weight excluding hydrogens is 156 g/mol. The summed E-state index contributed by atoms with van der Waals surface area (Å²) >= 11 is 0. The Balaban J connectivity index is 3.15. The molecule has 0 heterocycles. The van der Waals surface area contributed by atoms with Gasteiger partial charge in [0.2, 0.25) is 0 Å². The fourth-order valence-electron chi connectivity index (χ4n) is 0.751. The van der Waals surface area contributed by atoms with Crippen molar-refractivity contribution in [2.45, 2.75) is 39.4 Å². The Labute approximate surface area is 74.7 Å². The molecule has 0 rings (SSSR count). The van der Waals surface area contributed by atoms with E-state index in [1.807, 2.05) is 20.8 Å². The second-order valence-corrected chi connectivity index (χ2v) is 3.02. The standard InChI is InChI=1S/C9H20O3/c1-4-11-6-5-9(10)7-12-8(2)3/h8-10H,4-7H2,1-3H3. The van der Waals surface area contributed by atoms with Crippen molar-refractivity contribution in [2.75, 3.05) is 19.8 Å². The molecule has 0 radical (unpaired) electrons. The van der Waals surface area contributed by atoms with Gasteiger partial charge in [0.05, 0.1) is 18.8 Å². The first-order valence-corrected chi connectivity index (χ1v) is 4.54. The number of rotatable bonds is 7. The SMILES string of the molecule is CCOCCC(O)COC(C)C. The molecule has 0 aliphatic heterocycles. The minimum Gasteiger partial charge on any atom is -0.391 e. The quantitative estimate of drug-likeness (QED) is 0.592. The molecule has 1 N–H and O–H groups in total. The topological polar surface area (TPSA) is 38.7 Å². The van der Waals surface area contributed by atoms with Gasteiger partial charge in [-0.3, -0.25) is 0 Å². The van der Waals surface area contributed by atoms with Crippen LogP contribution in [0.25, 0.3) is 0 Å². The van der Waals surface area contributed by atoms with E-state index in [-0.39, 0.29) is 12.2 Å². The lowest BCUT2D eigenvalue weighted by Crippen LogP contribution is -2.20. The maximum absolute atomic E-state index is 9.32. The molecule has 0 aromatic heterocycles. The van der Waals surface area contributed by atoms with E-state index in [9.17, 15) is 5.11 Å². The van der Waals surface area contributed by atoms with Gasteiger partial charge >= 0.3 is 0 Å². The van der Waals surface area contributed by atoms with E-state index >= 15 is 0 Å². The summed E-state index contributed by atoms with van der Waals surface area (Å²) in [5.41, 5.74) is 0. The lowest BCUT2D eigenvalue weighted by molar-refractivity contribution is -0.00886. The zero-order valence-electron chi connectivity index (χ0n) is 8.25. The highest BCUT2D eigenvalue weighted by atomic mass is 16.5. The average Bonchev–Trinajstić information content (AvgIpc) is 2.01. The zero-order valence-corrected chi connectivity index (χ0v) is 8.25. The smallest absolute Gasteiger partial charge is 0.0795 e. The van der Waals surface area contributed by atoms with Crippen LogP contribution in [0.4, 0.5) is 0 Å². The molecule has 0 amide bonds. The number of hydrogen-bond acceptors (Lipinski definition) is 3. The van der Waals surface area contributed by atoms with E-state index in [1.165, 1.54) is 0 Å². The Morgan fingerprint density at radius 2 is 2.00 bits per heavy atom. The van der Waals surface area contributed by atoms with Gasteiger partial charge in [-0.2, -0.15) is 0 Å². The lowest BCUT2D eigenvalue weighted by Gasteiger charge is -2.12. The van der Waals surface area contributed by atoms with E-state index in [0.717, 1.165) is 0 Å². The van der Waals surface area contributed by atoms with Gasteiger partial charge in [0.1, 0.15) is 0 Å². The Kier molecular flexibility index (Phi) is 7.45. The van der Waals surface area contributed by atoms with Crippen molar-refractivity contribution in [3.8, 4) is 0 Å². The molecule has 1 unspecified atom stereocenters. The van der Waals surface area contributed by atoms with Gasteiger partial charge in [-0.15, -0.1) is 0 Å². The first kappa shape index (κ1) is 11.9. The van der Waals surface area contributed by atoms with E-state index in [4.69, 9.17) is 9.47 Å². The fraction of sp³-hybridized carbons (Fsp3) is 1.00. The van der Waals surface area contributed by atoms with Gasteiger partial charge in [-0.25, -0.2) is 0 Å². The number of ether oxygens (including phenoxy) is 2. The molecule has 0 saturated heterocycles. The molecule has 0 aliphatic rings. The molecule has 1 atom stereocenters. The van der Waals surface area contributed by atoms with Crippen molar-refractivity contribution < 1.29 is 14.6 Å². The predicted molar refractivity (Wildman–Crippen MR) is 48.2 cm³/mol. The first-order chi connectivity index (χ1) is 5.66. The summed E-state index contributed by atoms with van der Waals surface area (Å²) in [6.07, 6.45) is 0.450. The third-order valence-electron chi connectivity index (χ3n) is 1.42.